The number of aromatic nitrogens is 2. The number of nitrogens with zero attached hydrogens (tertiary/aromatic N) is 3. The number of likely N-dealkylation sites (N-methyl/N-ethyl adjacent to an activating group) is 1. The first kappa shape index (κ1) is 23.6. The molecule has 1 saturated heterocycles. The molecule has 2 aliphatic heterocycles. The third-order valence-electron chi connectivity index (χ3n) is 6.00. The third kappa shape index (κ3) is 5.40. The van der Waals surface area contributed by atoms with Gasteiger partial charge < -0.3 is 29.9 Å². The quantitative estimate of drug-likeness (QED) is 0.475. The number of ether oxygens (including phenoxy) is 2. The predicted molar refractivity (Wildman–Crippen MR) is 132 cm³/mol. The lowest BCUT2D eigenvalue weighted by Crippen LogP contribution is -2.48. The first-order valence-corrected chi connectivity index (χ1v) is 11.6. The summed E-state index contributed by atoms with van der Waals surface area (Å²) in [4.78, 5) is 23.3. The lowest BCUT2D eigenvalue weighted by molar-refractivity contribution is -0.140. The summed E-state index contributed by atoms with van der Waals surface area (Å²) in [5.41, 5.74) is 2.40. The number of rotatable bonds is 4. The van der Waals surface area contributed by atoms with Crippen molar-refractivity contribution in [2.45, 2.75) is 18.1 Å². The smallest absolute Gasteiger partial charge is 0.270 e. The Kier molecular flexibility index (Phi) is 6.46. The monoisotopic (exact) mass is 486 g/mol. The molecular formula is C27H26N4O5. The fourth-order valence-corrected chi connectivity index (χ4v) is 4.07. The first-order valence-electron chi connectivity index (χ1n) is 11.6. The zero-order chi connectivity index (χ0) is 25.1. The van der Waals surface area contributed by atoms with Crippen molar-refractivity contribution in [2.75, 3.05) is 38.3 Å². The van der Waals surface area contributed by atoms with Gasteiger partial charge in [-0.1, -0.05) is 17.9 Å². The van der Waals surface area contributed by atoms with E-state index in [1.807, 2.05) is 42.3 Å². The summed E-state index contributed by atoms with van der Waals surface area (Å²) in [5.74, 6) is 6.24. The maximum absolute atomic E-state index is 13.0. The average molecular weight is 487 g/mol. The molecule has 0 aliphatic carbocycles. The number of hydrogen-bond acceptors (Lipinski definition) is 8. The predicted octanol–water partition coefficient (Wildman–Crippen LogP) is 1.51. The van der Waals surface area contributed by atoms with Crippen LogP contribution in [0.25, 0.3) is 0 Å². The van der Waals surface area contributed by atoms with E-state index in [1.165, 1.54) is 6.07 Å². The van der Waals surface area contributed by atoms with Crippen molar-refractivity contribution in [3.8, 4) is 23.5 Å². The zero-order valence-corrected chi connectivity index (χ0v) is 19.8. The van der Waals surface area contributed by atoms with Gasteiger partial charge in [-0.25, -0.2) is 4.98 Å². The molecule has 2 aliphatic rings. The zero-order valence-electron chi connectivity index (χ0n) is 19.8. The lowest BCUT2D eigenvalue weighted by Gasteiger charge is -2.30. The molecule has 0 saturated carbocycles. The molecule has 0 radical (unpaired) electrons. The highest BCUT2D eigenvalue weighted by Gasteiger charge is 2.34. The summed E-state index contributed by atoms with van der Waals surface area (Å²) < 4.78 is 11.0. The van der Waals surface area contributed by atoms with Gasteiger partial charge in [0.05, 0.1) is 24.9 Å². The number of hydrogen-bond donors (Lipinski definition) is 3. The Balaban J connectivity index is 1.24. The van der Waals surface area contributed by atoms with Crippen molar-refractivity contribution < 1.29 is 24.5 Å². The van der Waals surface area contributed by atoms with Crippen LogP contribution in [0.1, 0.15) is 27.3 Å². The van der Waals surface area contributed by atoms with Crippen LogP contribution < -0.4 is 15.0 Å². The van der Waals surface area contributed by atoms with Crippen molar-refractivity contribution in [3.05, 3.63) is 77.2 Å². The third-order valence-corrected chi connectivity index (χ3v) is 6.00. The Hall–Kier alpha value is -4.13. The van der Waals surface area contributed by atoms with Gasteiger partial charge in [-0.15, -0.1) is 0 Å². The Bertz CT molecular complexity index is 1350. The molecular weight excluding hydrogens is 460 g/mol. The molecule has 3 N–H and O–H groups in total. The lowest BCUT2D eigenvalue weighted by atomic mass is 10.0. The second-order valence-corrected chi connectivity index (χ2v) is 9.03. The SMILES string of the molecule is CN1C[C@@H](NC(=O)c2cc(Cc3cccc(O)n3)ccn2)COc2ccc(C#CC3(O)COC3)cc21. The molecule has 1 atom stereocenters. The number of aliphatic hydroxyl groups is 1. The number of carbonyl (C=O) groups is 1. The number of carbonyl (C=O) groups excluding carboxylic acids is 1. The van der Waals surface area contributed by atoms with E-state index in [2.05, 4.69) is 27.1 Å². The number of benzene rings is 1. The fraction of sp³-hybridized carbons (Fsp3) is 0.296. The van der Waals surface area contributed by atoms with E-state index in [-0.39, 0.29) is 31.0 Å². The van der Waals surface area contributed by atoms with Crippen molar-refractivity contribution in [1.82, 2.24) is 15.3 Å². The van der Waals surface area contributed by atoms with Gasteiger partial charge in [0, 0.05) is 43.5 Å². The Morgan fingerprint density at radius 2 is 2.11 bits per heavy atom. The Labute approximate surface area is 208 Å². The number of aromatic hydroxyl groups is 1. The number of amides is 1. The van der Waals surface area contributed by atoms with Gasteiger partial charge in [0.2, 0.25) is 5.88 Å². The minimum Gasteiger partial charge on any atom is -0.493 e. The largest absolute Gasteiger partial charge is 0.493 e. The second kappa shape index (κ2) is 9.85. The summed E-state index contributed by atoms with van der Waals surface area (Å²) in [7, 11) is 1.93. The Morgan fingerprint density at radius 1 is 1.25 bits per heavy atom. The van der Waals surface area contributed by atoms with Gasteiger partial charge in [0.1, 0.15) is 18.1 Å². The van der Waals surface area contributed by atoms with Crippen LogP contribution in [0.2, 0.25) is 0 Å². The minimum atomic E-state index is -1.07. The van der Waals surface area contributed by atoms with E-state index >= 15 is 0 Å². The molecule has 0 spiro atoms. The molecule has 184 valence electrons. The molecule has 5 rings (SSSR count). The maximum atomic E-state index is 13.0. The molecule has 0 bridgehead atoms. The van der Waals surface area contributed by atoms with Crippen molar-refractivity contribution in [2.24, 2.45) is 0 Å². The van der Waals surface area contributed by atoms with Crippen molar-refractivity contribution in [3.63, 3.8) is 0 Å². The van der Waals surface area contributed by atoms with E-state index in [9.17, 15) is 15.0 Å². The van der Waals surface area contributed by atoms with Crippen molar-refractivity contribution >= 4 is 11.6 Å². The van der Waals surface area contributed by atoms with Crippen LogP contribution in [0, 0.1) is 11.8 Å². The molecule has 9 nitrogen and oxygen atoms in total. The first-order chi connectivity index (χ1) is 17.4. The highest BCUT2D eigenvalue weighted by molar-refractivity contribution is 5.92. The van der Waals surface area contributed by atoms with Gasteiger partial charge in [0.25, 0.3) is 5.91 Å². The summed E-state index contributed by atoms with van der Waals surface area (Å²) in [5, 5.41) is 22.7. The van der Waals surface area contributed by atoms with E-state index in [0.717, 1.165) is 16.8 Å². The number of fused-ring (bicyclic) bond motifs is 1. The van der Waals surface area contributed by atoms with Crippen LogP contribution >= 0.6 is 0 Å². The maximum Gasteiger partial charge on any atom is 0.270 e. The molecule has 36 heavy (non-hydrogen) atoms. The van der Waals surface area contributed by atoms with Crippen LogP contribution in [0.5, 0.6) is 11.6 Å². The van der Waals surface area contributed by atoms with Crippen LogP contribution in [0.4, 0.5) is 5.69 Å². The highest BCUT2D eigenvalue weighted by atomic mass is 16.5. The van der Waals surface area contributed by atoms with Gasteiger partial charge in [-0.05, 0) is 42.0 Å². The number of anilines is 1. The van der Waals surface area contributed by atoms with Crippen LogP contribution in [0.3, 0.4) is 0 Å². The fourth-order valence-electron chi connectivity index (χ4n) is 4.07. The van der Waals surface area contributed by atoms with Crippen LogP contribution in [-0.4, -0.2) is 71.1 Å². The molecule has 1 fully saturated rings. The summed E-state index contributed by atoms with van der Waals surface area (Å²) in [6.45, 7) is 1.28. The summed E-state index contributed by atoms with van der Waals surface area (Å²) in [6.07, 6.45) is 2.06. The van der Waals surface area contributed by atoms with Gasteiger partial charge in [-0.2, -0.15) is 0 Å². The molecule has 1 aromatic carbocycles. The van der Waals surface area contributed by atoms with E-state index < -0.39 is 5.60 Å². The summed E-state index contributed by atoms with van der Waals surface area (Å²) in [6, 6.07) is 13.9. The number of pyridine rings is 2. The highest BCUT2D eigenvalue weighted by Crippen LogP contribution is 2.31. The van der Waals surface area contributed by atoms with Crippen LogP contribution in [-0.2, 0) is 11.2 Å². The minimum absolute atomic E-state index is 0.0394. The molecule has 1 amide bonds. The molecule has 9 heteroatoms. The number of nitrogens with one attached hydrogen (secondary N) is 1. The molecule has 2 aromatic heterocycles. The molecule has 0 unspecified atom stereocenters. The van der Waals surface area contributed by atoms with Gasteiger partial charge in [0.15, 0.2) is 5.60 Å². The van der Waals surface area contributed by atoms with Crippen LogP contribution in [0.15, 0.2) is 54.7 Å². The molecule has 3 aromatic rings. The Morgan fingerprint density at radius 3 is 2.89 bits per heavy atom. The second-order valence-electron chi connectivity index (χ2n) is 9.03. The van der Waals surface area contributed by atoms with Crippen molar-refractivity contribution in [1.29, 1.82) is 0 Å². The average Bonchev–Trinajstić information content (AvgIpc) is 3.00. The van der Waals surface area contributed by atoms with E-state index in [1.54, 1.807) is 18.3 Å². The normalized spacial score (nSPS) is 17.9. The standard InChI is InChI=1S/C27H26N4O5/c1-31-14-21(15-36-24-6-5-18(13-23(24)31)7-9-27(34)16-35-17-27)30-26(33)22-12-19(8-10-28-22)11-20-3-2-4-25(32)29-20/h2-6,8,10,12-13,21,34H,11,14-17H2,1H3,(H,29,32)(H,30,33)/t21-/m1/s1. The van der Waals surface area contributed by atoms with E-state index in [4.69, 9.17) is 9.47 Å². The molecule has 4 heterocycles. The topological polar surface area (TPSA) is 117 Å². The van der Waals surface area contributed by atoms with Gasteiger partial charge in [-0.3, -0.25) is 9.78 Å². The summed E-state index contributed by atoms with van der Waals surface area (Å²) >= 11 is 0. The van der Waals surface area contributed by atoms with Gasteiger partial charge >= 0.3 is 0 Å². The van der Waals surface area contributed by atoms with E-state index in [0.29, 0.717) is 36.7 Å².